The number of amides is 1. The Balaban J connectivity index is 1.45. The summed E-state index contributed by atoms with van der Waals surface area (Å²) in [7, 11) is 0. The number of nitrogens with one attached hydrogen (secondary N) is 1. The lowest BCUT2D eigenvalue weighted by atomic mass is 10.1. The summed E-state index contributed by atoms with van der Waals surface area (Å²) in [6.07, 6.45) is 1.52. The Hall–Kier alpha value is -3.42. The van der Waals surface area contributed by atoms with Gasteiger partial charge in [0.25, 0.3) is 5.91 Å². The van der Waals surface area contributed by atoms with E-state index in [9.17, 15) is 4.79 Å². The number of halogens is 1. The summed E-state index contributed by atoms with van der Waals surface area (Å²) in [5.74, 6) is 0.565. The molecule has 1 N–H and O–H groups in total. The molecule has 2 aromatic carbocycles. The molecule has 3 heterocycles. The summed E-state index contributed by atoms with van der Waals surface area (Å²) >= 11 is 7.22. The van der Waals surface area contributed by atoms with Gasteiger partial charge in [-0.25, -0.2) is 0 Å². The van der Waals surface area contributed by atoms with Crippen molar-refractivity contribution in [1.82, 2.24) is 5.01 Å². The molecule has 0 aliphatic carbocycles. The SMILES string of the molecule is Cc1ccccc1C1=NN2C(=N)C(=Cc3ccc(-c4ccc(Cl)cc4)o3)C(=O)N=C2S1. The van der Waals surface area contributed by atoms with E-state index in [1.54, 1.807) is 24.3 Å². The van der Waals surface area contributed by atoms with Crippen molar-refractivity contribution >= 4 is 51.4 Å². The van der Waals surface area contributed by atoms with Gasteiger partial charge < -0.3 is 4.42 Å². The Labute approximate surface area is 187 Å². The molecular weight excluding hydrogens is 432 g/mol. The average Bonchev–Trinajstić information content (AvgIpc) is 3.39. The number of aryl methyl sites for hydroxylation is 1. The van der Waals surface area contributed by atoms with Crippen LogP contribution in [0.3, 0.4) is 0 Å². The van der Waals surface area contributed by atoms with Crippen LogP contribution in [0.2, 0.25) is 5.02 Å². The van der Waals surface area contributed by atoms with Crippen LogP contribution in [0.15, 0.2) is 80.7 Å². The molecule has 3 aromatic rings. The van der Waals surface area contributed by atoms with Gasteiger partial charge in [0, 0.05) is 16.1 Å². The van der Waals surface area contributed by atoms with Crippen molar-refractivity contribution in [1.29, 1.82) is 5.41 Å². The molecule has 31 heavy (non-hydrogen) atoms. The minimum atomic E-state index is -0.491. The predicted octanol–water partition coefficient (Wildman–Crippen LogP) is 5.58. The fourth-order valence-corrected chi connectivity index (χ4v) is 4.36. The molecule has 0 saturated heterocycles. The van der Waals surface area contributed by atoms with E-state index in [4.69, 9.17) is 21.4 Å². The number of aliphatic imine (C=N–C) groups is 1. The van der Waals surface area contributed by atoms with Gasteiger partial charge in [-0.1, -0.05) is 35.9 Å². The Morgan fingerprint density at radius 3 is 2.65 bits per heavy atom. The van der Waals surface area contributed by atoms with Gasteiger partial charge in [-0.15, -0.1) is 0 Å². The number of hydrazone groups is 1. The molecule has 0 spiro atoms. The number of fused-ring (bicyclic) bond motifs is 1. The highest BCUT2D eigenvalue weighted by molar-refractivity contribution is 8.27. The van der Waals surface area contributed by atoms with Crippen LogP contribution in [-0.4, -0.2) is 27.0 Å². The molecule has 5 rings (SSSR count). The van der Waals surface area contributed by atoms with Gasteiger partial charge in [0.05, 0.1) is 5.57 Å². The van der Waals surface area contributed by atoms with E-state index in [1.807, 2.05) is 43.3 Å². The van der Waals surface area contributed by atoms with E-state index in [0.29, 0.717) is 26.8 Å². The normalized spacial score (nSPS) is 17.1. The van der Waals surface area contributed by atoms with Crippen molar-refractivity contribution in [3.05, 3.63) is 88.1 Å². The number of furan rings is 1. The summed E-state index contributed by atoms with van der Waals surface area (Å²) in [4.78, 5) is 16.8. The second-order valence-corrected chi connectivity index (χ2v) is 8.34. The number of thioether (sulfide) groups is 1. The van der Waals surface area contributed by atoms with Crippen LogP contribution < -0.4 is 0 Å². The van der Waals surface area contributed by atoms with Gasteiger partial charge >= 0.3 is 0 Å². The van der Waals surface area contributed by atoms with Gasteiger partial charge in [-0.2, -0.15) is 15.1 Å². The molecule has 0 radical (unpaired) electrons. The number of nitrogens with zero attached hydrogens (tertiary/aromatic N) is 3. The molecule has 0 bridgehead atoms. The molecule has 6 nitrogen and oxygen atoms in total. The van der Waals surface area contributed by atoms with Gasteiger partial charge in [0.2, 0.25) is 5.17 Å². The summed E-state index contributed by atoms with van der Waals surface area (Å²) in [5.41, 5.74) is 3.00. The molecule has 0 saturated carbocycles. The molecule has 2 aliphatic rings. The van der Waals surface area contributed by atoms with E-state index < -0.39 is 5.91 Å². The molecule has 1 aromatic heterocycles. The first-order valence-electron chi connectivity index (χ1n) is 9.41. The molecule has 0 fully saturated rings. The largest absolute Gasteiger partial charge is 0.457 e. The molecule has 152 valence electrons. The first-order valence-corrected chi connectivity index (χ1v) is 10.6. The van der Waals surface area contributed by atoms with Crippen LogP contribution in [0.5, 0.6) is 0 Å². The number of hydrogen-bond donors (Lipinski definition) is 1. The van der Waals surface area contributed by atoms with Crippen molar-refractivity contribution in [2.24, 2.45) is 10.1 Å². The lowest BCUT2D eigenvalue weighted by Crippen LogP contribution is -2.35. The van der Waals surface area contributed by atoms with Gasteiger partial charge in [0.1, 0.15) is 16.6 Å². The lowest BCUT2D eigenvalue weighted by molar-refractivity contribution is -0.114. The number of rotatable bonds is 3. The highest BCUT2D eigenvalue weighted by Gasteiger charge is 2.36. The molecular formula is C23H15ClN4O2S. The smallest absolute Gasteiger partial charge is 0.283 e. The first-order chi connectivity index (χ1) is 15.0. The second-order valence-electron chi connectivity index (χ2n) is 6.95. The number of benzene rings is 2. The lowest BCUT2D eigenvalue weighted by Gasteiger charge is -2.19. The maximum Gasteiger partial charge on any atom is 0.283 e. The number of hydrogen-bond acceptors (Lipinski definition) is 5. The Morgan fingerprint density at radius 1 is 1.10 bits per heavy atom. The molecule has 0 atom stereocenters. The standard InChI is InChI=1S/C23H15ClN4O2S/c1-13-4-2-3-5-17(13)22-27-28-20(25)18(21(29)26-23(28)31-22)12-16-10-11-19(30-16)14-6-8-15(24)9-7-14/h2-12,25H,1H3. The third kappa shape index (κ3) is 3.62. The van der Waals surface area contributed by atoms with Crippen LogP contribution in [0.1, 0.15) is 16.9 Å². The van der Waals surface area contributed by atoms with Gasteiger partial charge in [0.15, 0.2) is 5.84 Å². The third-order valence-electron chi connectivity index (χ3n) is 4.87. The van der Waals surface area contributed by atoms with Crippen molar-refractivity contribution < 1.29 is 9.21 Å². The van der Waals surface area contributed by atoms with Crippen molar-refractivity contribution in [3.63, 3.8) is 0 Å². The minimum Gasteiger partial charge on any atom is -0.457 e. The highest BCUT2D eigenvalue weighted by Crippen LogP contribution is 2.32. The van der Waals surface area contributed by atoms with Crippen molar-refractivity contribution in [3.8, 4) is 11.3 Å². The monoisotopic (exact) mass is 446 g/mol. The molecule has 0 unspecified atom stereocenters. The Bertz CT molecular complexity index is 1320. The predicted molar refractivity (Wildman–Crippen MR) is 124 cm³/mol. The summed E-state index contributed by atoms with van der Waals surface area (Å²) in [6, 6.07) is 18.7. The Morgan fingerprint density at radius 2 is 1.87 bits per heavy atom. The van der Waals surface area contributed by atoms with Crippen LogP contribution in [0, 0.1) is 12.3 Å². The van der Waals surface area contributed by atoms with Crippen molar-refractivity contribution in [2.75, 3.05) is 0 Å². The summed E-state index contributed by atoms with van der Waals surface area (Å²) in [6.45, 7) is 1.99. The minimum absolute atomic E-state index is 0.0319. The summed E-state index contributed by atoms with van der Waals surface area (Å²) < 4.78 is 5.85. The highest BCUT2D eigenvalue weighted by atomic mass is 35.5. The maximum absolute atomic E-state index is 12.6. The zero-order valence-corrected chi connectivity index (χ0v) is 17.9. The zero-order valence-electron chi connectivity index (χ0n) is 16.3. The van der Waals surface area contributed by atoms with Crippen LogP contribution in [0.4, 0.5) is 0 Å². The zero-order chi connectivity index (χ0) is 21.5. The Kier molecular flexibility index (Phi) is 4.84. The van der Waals surface area contributed by atoms with E-state index in [0.717, 1.165) is 16.7 Å². The summed E-state index contributed by atoms with van der Waals surface area (Å²) in [5, 5.41) is 16.2. The van der Waals surface area contributed by atoms with E-state index in [1.165, 1.54) is 22.8 Å². The van der Waals surface area contributed by atoms with Crippen LogP contribution >= 0.6 is 23.4 Å². The third-order valence-corrected chi connectivity index (χ3v) is 6.07. The second kappa shape index (κ2) is 7.68. The number of carbonyl (C=O) groups excluding carboxylic acids is 1. The fourth-order valence-electron chi connectivity index (χ4n) is 3.26. The number of amidine groups is 2. The first kappa shape index (κ1) is 19.5. The quantitative estimate of drug-likeness (QED) is 0.533. The molecule has 8 heteroatoms. The van der Waals surface area contributed by atoms with Gasteiger partial charge in [-0.3, -0.25) is 10.2 Å². The van der Waals surface area contributed by atoms with E-state index in [-0.39, 0.29) is 11.4 Å². The van der Waals surface area contributed by atoms with E-state index in [2.05, 4.69) is 10.1 Å². The molecule has 1 amide bonds. The molecule has 2 aliphatic heterocycles. The van der Waals surface area contributed by atoms with Crippen molar-refractivity contribution in [2.45, 2.75) is 6.92 Å². The van der Waals surface area contributed by atoms with Crippen LogP contribution in [0.25, 0.3) is 17.4 Å². The topological polar surface area (TPSA) is 82.0 Å². The maximum atomic E-state index is 12.6. The van der Waals surface area contributed by atoms with Gasteiger partial charge in [-0.05, 0) is 66.7 Å². The fraction of sp³-hybridized carbons (Fsp3) is 0.0435. The van der Waals surface area contributed by atoms with E-state index >= 15 is 0 Å². The average molecular weight is 447 g/mol. The number of carbonyl (C=O) groups is 1. The van der Waals surface area contributed by atoms with Crippen LogP contribution in [-0.2, 0) is 4.79 Å².